The largest absolute Gasteiger partial charge is 0.368 e. The van der Waals surface area contributed by atoms with Gasteiger partial charge in [-0.3, -0.25) is 19.3 Å². The number of fused-ring (bicyclic) bond motifs is 2. The number of nitrogens with zero attached hydrogens (tertiary/aromatic N) is 2. The molecule has 0 fully saturated rings. The highest BCUT2D eigenvalue weighted by Gasteiger charge is 2.35. The van der Waals surface area contributed by atoms with Crippen LogP contribution in [0.15, 0.2) is 42.5 Å². The average Bonchev–Trinajstić information content (AvgIpc) is 3.08. The van der Waals surface area contributed by atoms with Crippen LogP contribution in [-0.2, 0) is 17.8 Å². The predicted octanol–water partition coefficient (Wildman–Crippen LogP) is 3.21. The lowest BCUT2D eigenvalue weighted by Crippen LogP contribution is -2.31. The molecule has 2 aliphatic rings. The number of hydrogen-bond donors (Lipinski definition) is 0. The lowest BCUT2D eigenvalue weighted by molar-refractivity contribution is -0.116. The third kappa shape index (κ3) is 3.03. The summed E-state index contributed by atoms with van der Waals surface area (Å²) >= 11 is 0. The highest BCUT2D eigenvalue weighted by Crippen LogP contribution is 2.34. The van der Waals surface area contributed by atoms with Crippen LogP contribution >= 0.6 is 0 Å². The SMILES string of the molecule is CC(=O)CCN1c2ccc(CN3C(=O)c4ccccc4C3=O)cc2CC1C. The van der Waals surface area contributed by atoms with E-state index in [0.717, 1.165) is 24.2 Å². The minimum atomic E-state index is -0.229. The van der Waals surface area contributed by atoms with E-state index in [1.54, 1.807) is 31.2 Å². The van der Waals surface area contributed by atoms with Crippen molar-refractivity contribution in [2.24, 2.45) is 0 Å². The van der Waals surface area contributed by atoms with Crippen LogP contribution in [0.3, 0.4) is 0 Å². The van der Waals surface area contributed by atoms with Gasteiger partial charge in [0.25, 0.3) is 11.8 Å². The quantitative estimate of drug-likeness (QED) is 0.767. The van der Waals surface area contributed by atoms with Gasteiger partial charge >= 0.3 is 0 Å². The summed E-state index contributed by atoms with van der Waals surface area (Å²) in [6.07, 6.45) is 1.45. The number of amides is 2. The van der Waals surface area contributed by atoms with Gasteiger partial charge in [0.2, 0.25) is 0 Å². The van der Waals surface area contributed by atoms with E-state index in [2.05, 4.69) is 17.9 Å². The zero-order valence-electron chi connectivity index (χ0n) is 15.6. The van der Waals surface area contributed by atoms with Crippen LogP contribution in [0.4, 0.5) is 5.69 Å². The Balaban J connectivity index is 1.54. The van der Waals surface area contributed by atoms with E-state index in [9.17, 15) is 14.4 Å². The smallest absolute Gasteiger partial charge is 0.261 e. The molecule has 0 bridgehead atoms. The third-order valence-corrected chi connectivity index (χ3v) is 5.42. The first kappa shape index (κ1) is 17.5. The van der Waals surface area contributed by atoms with Crippen LogP contribution in [0.2, 0.25) is 0 Å². The second-order valence-corrected chi connectivity index (χ2v) is 7.40. The molecule has 0 aliphatic carbocycles. The van der Waals surface area contributed by atoms with Gasteiger partial charge in [0.1, 0.15) is 5.78 Å². The number of Topliss-reactive ketones (excluding diaryl/α,β-unsaturated/α-hetero) is 1. The summed E-state index contributed by atoms with van der Waals surface area (Å²) < 4.78 is 0. The number of anilines is 1. The molecule has 27 heavy (non-hydrogen) atoms. The molecule has 1 atom stereocenters. The molecule has 4 rings (SSSR count). The zero-order valence-corrected chi connectivity index (χ0v) is 15.6. The number of imide groups is 1. The number of ketones is 1. The number of carbonyl (C=O) groups is 3. The Bertz CT molecular complexity index is 915. The molecule has 0 saturated carbocycles. The molecule has 0 saturated heterocycles. The lowest BCUT2D eigenvalue weighted by Gasteiger charge is -2.24. The molecule has 0 spiro atoms. The normalized spacial score (nSPS) is 18.1. The fraction of sp³-hybridized carbons (Fsp3) is 0.318. The zero-order chi connectivity index (χ0) is 19.1. The number of carbonyl (C=O) groups excluding carboxylic acids is 3. The van der Waals surface area contributed by atoms with E-state index in [0.29, 0.717) is 23.6 Å². The molecule has 2 aliphatic heterocycles. The molecule has 0 radical (unpaired) electrons. The molecule has 0 N–H and O–H groups in total. The Labute approximate surface area is 158 Å². The molecule has 0 aromatic heterocycles. The van der Waals surface area contributed by atoms with Crippen molar-refractivity contribution in [3.8, 4) is 0 Å². The Morgan fingerprint density at radius 3 is 2.37 bits per heavy atom. The summed E-state index contributed by atoms with van der Waals surface area (Å²) in [5, 5.41) is 0. The van der Waals surface area contributed by atoms with Crippen molar-refractivity contribution in [2.75, 3.05) is 11.4 Å². The van der Waals surface area contributed by atoms with Crippen molar-refractivity contribution in [1.82, 2.24) is 4.90 Å². The molecule has 2 heterocycles. The van der Waals surface area contributed by atoms with E-state index < -0.39 is 0 Å². The van der Waals surface area contributed by atoms with Crippen LogP contribution in [0.5, 0.6) is 0 Å². The monoisotopic (exact) mass is 362 g/mol. The molecule has 2 aromatic rings. The average molecular weight is 362 g/mol. The van der Waals surface area contributed by atoms with Gasteiger partial charge in [0.05, 0.1) is 17.7 Å². The maximum Gasteiger partial charge on any atom is 0.261 e. The van der Waals surface area contributed by atoms with Crippen molar-refractivity contribution in [1.29, 1.82) is 0 Å². The van der Waals surface area contributed by atoms with Gasteiger partial charge in [-0.05, 0) is 49.6 Å². The molecule has 138 valence electrons. The van der Waals surface area contributed by atoms with Crippen LogP contribution in [0.1, 0.15) is 52.1 Å². The molecule has 2 aromatic carbocycles. The van der Waals surface area contributed by atoms with Gasteiger partial charge in [-0.15, -0.1) is 0 Å². The molecule has 5 heteroatoms. The fourth-order valence-corrected chi connectivity index (χ4v) is 4.03. The predicted molar refractivity (Wildman–Crippen MR) is 103 cm³/mol. The van der Waals surface area contributed by atoms with Crippen LogP contribution < -0.4 is 4.90 Å². The van der Waals surface area contributed by atoms with E-state index in [1.165, 1.54) is 10.5 Å². The van der Waals surface area contributed by atoms with E-state index in [4.69, 9.17) is 0 Å². The van der Waals surface area contributed by atoms with Gasteiger partial charge in [-0.2, -0.15) is 0 Å². The molecular weight excluding hydrogens is 340 g/mol. The van der Waals surface area contributed by atoms with E-state index in [1.807, 2.05) is 12.1 Å². The maximum atomic E-state index is 12.6. The Kier molecular flexibility index (Phi) is 4.30. The summed E-state index contributed by atoms with van der Waals surface area (Å²) in [5.74, 6) is -0.266. The van der Waals surface area contributed by atoms with Crippen molar-refractivity contribution in [3.05, 3.63) is 64.7 Å². The number of benzene rings is 2. The standard InChI is InChI=1S/C22H22N2O3/c1-14-11-17-12-16(7-8-20(17)23(14)10-9-15(2)25)13-24-21(26)18-5-3-4-6-19(18)22(24)27/h3-8,12,14H,9-11,13H2,1-2H3. The van der Waals surface area contributed by atoms with Crippen molar-refractivity contribution < 1.29 is 14.4 Å². The Morgan fingerprint density at radius 2 is 1.74 bits per heavy atom. The van der Waals surface area contributed by atoms with Crippen LogP contribution in [0.25, 0.3) is 0 Å². The Hall–Kier alpha value is -2.95. The summed E-state index contributed by atoms with van der Waals surface area (Å²) in [6, 6.07) is 13.4. The summed E-state index contributed by atoms with van der Waals surface area (Å²) in [7, 11) is 0. The number of rotatable bonds is 5. The minimum absolute atomic E-state index is 0.192. The van der Waals surface area contributed by atoms with Gasteiger partial charge in [-0.25, -0.2) is 0 Å². The molecular formula is C22H22N2O3. The first-order valence-corrected chi connectivity index (χ1v) is 9.29. The van der Waals surface area contributed by atoms with Gasteiger partial charge in [0.15, 0.2) is 0 Å². The summed E-state index contributed by atoms with van der Waals surface area (Å²) in [4.78, 5) is 40.0. The topological polar surface area (TPSA) is 57.7 Å². The minimum Gasteiger partial charge on any atom is -0.368 e. The second-order valence-electron chi connectivity index (χ2n) is 7.40. The van der Waals surface area contributed by atoms with Crippen LogP contribution in [-0.4, -0.2) is 35.1 Å². The van der Waals surface area contributed by atoms with Gasteiger partial charge in [-0.1, -0.05) is 24.3 Å². The third-order valence-electron chi connectivity index (χ3n) is 5.42. The van der Waals surface area contributed by atoms with Crippen molar-refractivity contribution in [2.45, 2.75) is 39.3 Å². The molecule has 5 nitrogen and oxygen atoms in total. The first-order valence-electron chi connectivity index (χ1n) is 9.29. The highest BCUT2D eigenvalue weighted by atomic mass is 16.2. The number of hydrogen-bond acceptors (Lipinski definition) is 4. The molecule has 1 unspecified atom stereocenters. The van der Waals surface area contributed by atoms with E-state index >= 15 is 0 Å². The first-order chi connectivity index (χ1) is 13.0. The Morgan fingerprint density at radius 1 is 1.07 bits per heavy atom. The van der Waals surface area contributed by atoms with Crippen molar-refractivity contribution >= 4 is 23.3 Å². The lowest BCUT2D eigenvalue weighted by atomic mass is 10.1. The fourth-order valence-electron chi connectivity index (χ4n) is 4.03. The van der Waals surface area contributed by atoms with Crippen molar-refractivity contribution in [3.63, 3.8) is 0 Å². The summed E-state index contributed by atoms with van der Waals surface area (Å²) in [6.45, 7) is 4.78. The maximum absolute atomic E-state index is 12.6. The van der Waals surface area contributed by atoms with Gasteiger partial charge in [0, 0.05) is 24.7 Å². The van der Waals surface area contributed by atoms with E-state index in [-0.39, 0.29) is 24.1 Å². The van der Waals surface area contributed by atoms with Gasteiger partial charge < -0.3 is 4.90 Å². The highest BCUT2D eigenvalue weighted by molar-refractivity contribution is 6.21. The van der Waals surface area contributed by atoms with Crippen LogP contribution in [0, 0.1) is 0 Å². The summed E-state index contributed by atoms with van der Waals surface area (Å²) in [5.41, 5.74) is 4.26. The molecule has 2 amide bonds. The second kappa shape index (κ2) is 6.65.